The fourth-order valence-electron chi connectivity index (χ4n) is 4.26. The van der Waals surface area contributed by atoms with Crippen molar-refractivity contribution in [3.8, 4) is 0 Å². The zero-order valence-corrected chi connectivity index (χ0v) is 12.2. The van der Waals surface area contributed by atoms with E-state index in [-0.39, 0.29) is 0 Å². The van der Waals surface area contributed by atoms with Crippen LogP contribution in [0.2, 0.25) is 0 Å². The van der Waals surface area contributed by atoms with E-state index >= 15 is 0 Å². The van der Waals surface area contributed by atoms with Crippen LogP contribution in [-0.2, 0) is 13.0 Å². The van der Waals surface area contributed by atoms with Crippen LogP contribution >= 0.6 is 0 Å². The highest BCUT2D eigenvalue weighted by Gasteiger charge is 2.40. The third-order valence-corrected chi connectivity index (χ3v) is 5.30. The average molecular weight is 262 g/mol. The van der Waals surface area contributed by atoms with Gasteiger partial charge in [-0.15, -0.1) is 0 Å². The molecule has 4 nitrogen and oxygen atoms in total. The van der Waals surface area contributed by atoms with Crippen molar-refractivity contribution in [1.82, 2.24) is 20.1 Å². The molecule has 2 aliphatic carbocycles. The molecule has 19 heavy (non-hydrogen) atoms. The van der Waals surface area contributed by atoms with Crippen molar-refractivity contribution in [2.45, 2.75) is 58.0 Å². The minimum atomic E-state index is 0.554. The summed E-state index contributed by atoms with van der Waals surface area (Å²) in [7, 11) is 2.09. The van der Waals surface area contributed by atoms with Crippen molar-refractivity contribution in [1.29, 1.82) is 0 Å². The molecule has 0 spiro atoms. The van der Waals surface area contributed by atoms with E-state index < -0.39 is 0 Å². The van der Waals surface area contributed by atoms with Crippen molar-refractivity contribution in [3.63, 3.8) is 0 Å². The lowest BCUT2D eigenvalue weighted by Crippen LogP contribution is -2.32. The second-order valence-electron chi connectivity index (χ2n) is 6.35. The summed E-state index contributed by atoms with van der Waals surface area (Å²) < 4.78 is 2.02. The Hall–Kier alpha value is -0.900. The van der Waals surface area contributed by atoms with Gasteiger partial charge < -0.3 is 5.32 Å². The Bertz CT molecular complexity index is 414. The predicted molar refractivity (Wildman–Crippen MR) is 75.8 cm³/mol. The largest absolute Gasteiger partial charge is 0.317 e. The van der Waals surface area contributed by atoms with Crippen LogP contribution in [0.15, 0.2) is 6.33 Å². The van der Waals surface area contributed by atoms with Crippen LogP contribution in [0.3, 0.4) is 0 Å². The van der Waals surface area contributed by atoms with Crippen LogP contribution in [0.25, 0.3) is 0 Å². The Balaban J connectivity index is 1.59. The van der Waals surface area contributed by atoms with Gasteiger partial charge in [0.1, 0.15) is 12.2 Å². The van der Waals surface area contributed by atoms with Gasteiger partial charge in [-0.25, -0.2) is 4.98 Å². The Morgan fingerprint density at radius 1 is 1.42 bits per heavy atom. The molecule has 0 saturated heterocycles. The zero-order valence-electron chi connectivity index (χ0n) is 12.2. The van der Waals surface area contributed by atoms with Crippen molar-refractivity contribution in [2.75, 3.05) is 7.05 Å². The molecular weight excluding hydrogens is 236 g/mol. The molecule has 1 N–H and O–H groups in total. The maximum atomic E-state index is 4.41. The minimum absolute atomic E-state index is 0.554. The van der Waals surface area contributed by atoms with Crippen LogP contribution in [-0.4, -0.2) is 27.9 Å². The number of hydrogen-bond acceptors (Lipinski definition) is 3. The second kappa shape index (κ2) is 5.61. The molecule has 1 aromatic rings. The number of likely N-dealkylation sites (N-methyl/N-ethyl adjacent to an activating group) is 1. The first kappa shape index (κ1) is 13.1. The highest BCUT2D eigenvalue weighted by Crippen LogP contribution is 2.49. The van der Waals surface area contributed by atoms with Crippen molar-refractivity contribution >= 4 is 0 Å². The van der Waals surface area contributed by atoms with E-state index in [0.717, 1.165) is 36.5 Å². The maximum Gasteiger partial charge on any atom is 0.138 e. The number of nitrogens with one attached hydrogen (secondary N) is 1. The Morgan fingerprint density at radius 2 is 2.32 bits per heavy atom. The molecule has 0 aromatic carbocycles. The molecule has 2 bridgehead atoms. The molecule has 2 saturated carbocycles. The van der Waals surface area contributed by atoms with Crippen LogP contribution < -0.4 is 5.32 Å². The summed E-state index contributed by atoms with van der Waals surface area (Å²) in [5.41, 5.74) is 0. The quantitative estimate of drug-likeness (QED) is 0.855. The lowest BCUT2D eigenvalue weighted by Gasteiger charge is -2.26. The third kappa shape index (κ3) is 2.69. The molecule has 2 fully saturated rings. The van der Waals surface area contributed by atoms with Gasteiger partial charge in [-0.1, -0.05) is 6.42 Å². The first-order chi connectivity index (χ1) is 9.30. The number of aromatic nitrogens is 3. The molecule has 4 unspecified atom stereocenters. The first-order valence-electron chi connectivity index (χ1n) is 7.84. The molecule has 0 radical (unpaired) electrons. The van der Waals surface area contributed by atoms with Gasteiger partial charge in [0.15, 0.2) is 0 Å². The predicted octanol–water partition coefficient (Wildman–Crippen LogP) is 2.25. The molecule has 3 rings (SSSR count). The van der Waals surface area contributed by atoms with Gasteiger partial charge >= 0.3 is 0 Å². The molecule has 106 valence electrons. The lowest BCUT2D eigenvalue weighted by molar-refractivity contribution is 0.279. The van der Waals surface area contributed by atoms with Crippen LogP contribution in [0.1, 0.15) is 44.9 Å². The zero-order chi connectivity index (χ0) is 13.2. The monoisotopic (exact) mass is 262 g/mol. The van der Waals surface area contributed by atoms with Gasteiger partial charge in [-0.3, -0.25) is 4.68 Å². The average Bonchev–Trinajstić information content (AvgIpc) is 3.13. The second-order valence-corrected chi connectivity index (χ2v) is 6.35. The number of rotatable bonds is 6. The Morgan fingerprint density at radius 3 is 2.95 bits per heavy atom. The third-order valence-electron chi connectivity index (χ3n) is 5.30. The van der Waals surface area contributed by atoms with Crippen molar-refractivity contribution < 1.29 is 0 Å². The van der Waals surface area contributed by atoms with Gasteiger partial charge in [0.05, 0.1) is 0 Å². The van der Waals surface area contributed by atoms with Gasteiger partial charge in [0.2, 0.25) is 0 Å². The molecule has 1 heterocycles. The molecule has 0 aliphatic heterocycles. The van der Waals surface area contributed by atoms with Gasteiger partial charge in [-0.2, -0.15) is 5.10 Å². The van der Waals surface area contributed by atoms with Gasteiger partial charge in [0.25, 0.3) is 0 Å². The Kier molecular flexibility index (Phi) is 3.87. The maximum absolute atomic E-state index is 4.41. The number of nitrogens with zero attached hydrogens (tertiary/aromatic N) is 3. The van der Waals surface area contributed by atoms with E-state index in [1.54, 1.807) is 6.33 Å². The fourth-order valence-corrected chi connectivity index (χ4v) is 4.26. The molecule has 0 amide bonds. The van der Waals surface area contributed by atoms with E-state index in [4.69, 9.17) is 0 Å². The summed E-state index contributed by atoms with van der Waals surface area (Å²) in [6.45, 7) is 3.04. The summed E-state index contributed by atoms with van der Waals surface area (Å²) >= 11 is 0. The summed E-state index contributed by atoms with van der Waals surface area (Å²) in [6, 6.07) is 0.554. The van der Waals surface area contributed by atoms with Crippen LogP contribution in [0.5, 0.6) is 0 Å². The van der Waals surface area contributed by atoms with Crippen LogP contribution in [0.4, 0.5) is 0 Å². The molecular formula is C15H26N4. The molecule has 4 heteroatoms. The fraction of sp³-hybridized carbons (Fsp3) is 0.867. The van der Waals surface area contributed by atoms with Crippen molar-refractivity contribution in [3.05, 3.63) is 12.2 Å². The first-order valence-corrected chi connectivity index (χ1v) is 7.84. The van der Waals surface area contributed by atoms with Gasteiger partial charge in [0, 0.05) is 19.0 Å². The Labute approximate surface area is 116 Å². The molecule has 2 aliphatic rings. The summed E-state index contributed by atoms with van der Waals surface area (Å²) in [4.78, 5) is 4.41. The van der Waals surface area contributed by atoms with E-state index in [0.29, 0.717) is 6.04 Å². The van der Waals surface area contributed by atoms with Crippen molar-refractivity contribution in [2.24, 2.45) is 17.8 Å². The molecule has 1 aromatic heterocycles. The normalized spacial score (nSPS) is 30.9. The topological polar surface area (TPSA) is 42.7 Å². The van der Waals surface area contributed by atoms with E-state index in [1.807, 2.05) is 4.68 Å². The highest BCUT2D eigenvalue weighted by molar-refractivity contribution is 4.95. The number of hydrogen-bond donors (Lipinski definition) is 1. The number of fused-ring (bicyclic) bond motifs is 2. The standard InChI is InChI=1S/C15H26N4/c1-3-19-15(17-10-18-19)9-14(16-2)8-13-7-11-4-5-12(13)6-11/h10-14,16H,3-9H2,1-2H3. The summed E-state index contributed by atoms with van der Waals surface area (Å²) in [5.74, 6) is 4.15. The van der Waals surface area contributed by atoms with E-state index in [2.05, 4.69) is 29.4 Å². The summed E-state index contributed by atoms with van der Waals surface area (Å²) in [6.07, 6.45) is 9.97. The smallest absolute Gasteiger partial charge is 0.138 e. The summed E-state index contributed by atoms with van der Waals surface area (Å²) in [5, 5.41) is 7.77. The minimum Gasteiger partial charge on any atom is -0.317 e. The highest BCUT2D eigenvalue weighted by atomic mass is 15.3. The van der Waals surface area contributed by atoms with Gasteiger partial charge in [-0.05, 0) is 57.4 Å². The molecule has 4 atom stereocenters. The van der Waals surface area contributed by atoms with E-state index in [1.165, 1.54) is 32.1 Å². The van der Waals surface area contributed by atoms with E-state index in [9.17, 15) is 0 Å². The lowest BCUT2D eigenvalue weighted by atomic mass is 9.83. The number of aryl methyl sites for hydroxylation is 1. The SMILES string of the molecule is CCn1ncnc1CC(CC1CC2CCC1C2)NC. The van der Waals surface area contributed by atoms with Crippen LogP contribution in [0, 0.1) is 17.8 Å².